The lowest BCUT2D eigenvalue weighted by molar-refractivity contribution is 0.0685. The molecule has 0 aliphatic carbocycles. The lowest BCUT2D eigenvalue weighted by Crippen LogP contribution is -2.08. The van der Waals surface area contributed by atoms with Crippen LogP contribution in [0.3, 0.4) is 0 Å². The van der Waals surface area contributed by atoms with Crippen molar-refractivity contribution in [3.8, 4) is 0 Å². The molecule has 18 heavy (non-hydrogen) atoms. The number of carboxylic acid groups (broad SMARTS) is 1. The van der Waals surface area contributed by atoms with E-state index in [0.29, 0.717) is 0 Å². The van der Waals surface area contributed by atoms with Gasteiger partial charge in [-0.25, -0.2) is 13.2 Å². The topological polar surface area (TPSA) is 105 Å². The number of carboxylic acids is 1. The summed E-state index contributed by atoms with van der Waals surface area (Å²) in [6.45, 7) is 0. The van der Waals surface area contributed by atoms with E-state index in [4.69, 9.17) is 5.11 Å². The monoisotopic (exact) mass is 268 g/mol. The number of hydrogen-bond donors (Lipinski definition) is 1. The maximum Gasteiger partial charge on any atom is 0.354 e. The highest BCUT2D eigenvalue weighted by Gasteiger charge is 2.30. The minimum absolute atomic E-state index is 0.144. The number of rotatable bonds is 3. The average Bonchev–Trinajstić information content (AvgIpc) is 2.62. The van der Waals surface area contributed by atoms with E-state index in [1.807, 2.05) is 0 Å². The summed E-state index contributed by atoms with van der Waals surface area (Å²) >= 11 is 0. The normalized spacial score (nSPS) is 11.6. The minimum atomic E-state index is -3.88. The van der Waals surface area contributed by atoms with Crippen molar-refractivity contribution in [2.45, 2.75) is 4.90 Å². The third-order valence-corrected chi connectivity index (χ3v) is 3.57. The van der Waals surface area contributed by atoms with Gasteiger partial charge >= 0.3 is 5.97 Å². The molecule has 0 atom stereocenters. The maximum atomic E-state index is 11.6. The fourth-order valence-electron chi connectivity index (χ4n) is 1.81. The first-order valence-corrected chi connectivity index (χ1v) is 6.67. The van der Waals surface area contributed by atoms with Crippen LogP contribution < -0.4 is 0 Å². The second kappa shape index (κ2) is 3.91. The van der Waals surface area contributed by atoms with Crippen molar-refractivity contribution in [2.24, 2.45) is 5.18 Å². The van der Waals surface area contributed by atoms with E-state index < -0.39 is 26.4 Å². The maximum absolute atomic E-state index is 11.6. The Morgan fingerprint density at radius 3 is 2.56 bits per heavy atom. The summed E-state index contributed by atoms with van der Waals surface area (Å²) in [5, 5.41) is 11.8. The molecule has 8 heteroatoms. The van der Waals surface area contributed by atoms with Gasteiger partial charge in [0.25, 0.3) is 0 Å². The van der Waals surface area contributed by atoms with Crippen LogP contribution in [0, 0.1) is 4.91 Å². The van der Waals surface area contributed by atoms with E-state index in [9.17, 15) is 18.1 Å². The van der Waals surface area contributed by atoms with Gasteiger partial charge in [0.05, 0.1) is 5.52 Å². The van der Waals surface area contributed by atoms with Gasteiger partial charge in [-0.15, -0.1) is 4.91 Å². The number of pyridine rings is 1. The molecule has 0 saturated heterocycles. The number of aromatic nitrogens is 1. The molecule has 0 amide bonds. The molecule has 0 radical (unpaired) electrons. The second-order valence-electron chi connectivity index (χ2n) is 3.65. The zero-order valence-corrected chi connectivity index (χ0v) is 10.0. The summed E-state index contributed by atoms with van der Waals surface area (Å²) < 4.78 is 24.4. The number of hydrogen-bond acceptors (Lipinski definition) is 5. The van der Waals surface area contributed by atoms with Crippen LogP contribution in [0.2, 0.25) is 0 Å². The molecule has 94 valence electrons. The van der Waals surface area contributed by atoms with Crippen LogP contribution >= 0.6 is 0 Å². The standard InChI is InChI=1S/C10H8N2O5S/c1-18(16,17)9-7(11-15)6-4-2-3-5-12(6)8(9)10(13)14/h2-5H,1H3,(H,13,14). The highest BCUT2D eigenvalue weighted by atomic mass is 32.2. The van der Waals surface area contributed by atoms with Crippen LogP contribution in [0.5, 0.6) is 0 Å². The number of nitroso groups, excluding NO2 is 1. The fraction of sp³-hybridized carbons (Fsp3) is 0.100. The Kier molecular flexibility index (Phi) is 2.66. The van der Waals surface area contributed by atoms with Gasteiger partial charge in [0.2, 0.25) is 0 Å². The zero-order chi connectivity index (χ0) is 13.5. The van der Waals surface area contributed by atoms with E-state index >= 15 is 0 Å². The van der Waals surface area contributed by atoms with Gasteiger partial charge in [0.15, 0.2) is 21.2 Å². The van der Waals surface area contributed by atoms with Crippen LogP contribution in [0.1, 0.15) is 10.5 Å². The Hall–Kier alpha value is -2.22. The molecule has 2 aromatic heterocycles. The molecule has 1 N–H and O–H groups in total. The van der Waals surface area contributed by atoms with Crippen molar-refractivity contribution in [1.29, 1.82) is 0 Å². The average molecular weight is 268 g/mol. The van der Waals surface area contributed by atoms with E-state index in [1.54, 1.807) is 6.07 Å². The number of fused-ring (bicyclic) bond motifs is 1. The second-order valence-corrected chi connectivity index (χ2v) is 5.60. The first kappa shape index (κ1) is 12.2. The fourth-order valence-corrected chi connectivity index (χ4v) is 2.84. The first-order chi connectivity index (χ1) is 8.38. The summed E-state index contributed by atoms with van der Waals surface area (Å²) in [6, 6.07) is 4.51. The first-order valence-electron chi connectivity index (χ1n) is 4.77. The highest BCUT2D eigenvalue weighted by molar-refractivity contribution is 7.91. The minimum Gasteiger partial charge on any atom is -0.477 e. The number of carbonyl (C=O) groups is 1. The molecule has 2 aromatic rings. The Labute approximate surface area is 102 Å². The van der Waals surface area contributed by atoms with E-state index in [-0.39, 0.29) is 11.2 Å². The van der Waals surface area contributed by atoms with Gasteiger partial charge in [0.1, 0.15) is 4.90 Å². The molecular weight excluding hydrogens is 260 g/mol. The van der Waals surface area contributed by atoms with Gasteiger partial charge < -0.3 is 9.51 Å². The SMILES string of the molecule is CS(=O)(=O)c1c(N=O)c2ccccn2c1C(=O)O. The molecule has 7 nitrogen and oxygen atoms in total. The Morgan fingerprint density at radius 1 is 1.39 bits per heavy atom. The lowest BCUT2D eigenvalue weighted by atomic mass is 10.3. The molecule has 0 saturated carbocycles. The molecular formula is C10H8N2O5S. The van der Waals surface area contributed by atoms with Crippen LogP contribution in [0.15, 0.2) is 34.5 Å². The highest BCUT2D eigenvalue weighted by Crippen LogP contribution is 2.35. The molecule has 0 aliphatic rings. The predicted molar refractivity (Wildman–Crippen MR) is 62.9 cm³/mol. The Balaban J connectivity index is 3.12. The van der Waals surface area contributed by atoms with E-state index in [2.05, 4.69) is 5.18 Å². The molecule has 0 fully saturated rings. The summed E-state index contributed by atoms with van der Waals surface area (Å²) in [5.74, 6) is -1.44. The Bertz CT molecular complexity index is 760. The van der Waals surface area contributed by atoms with Crippen LogP contribution in [-0.2, 0) is 9.84 Å². The summed E-state index contributed by atoms with van der Waals surface area (Å²) in [4.78, 5) is 21.4. The van der Waals surface area contributed by atoms with Crippen LogP contribution in [0.25, 0.3) is 5.52 Å². The van der Waals surface area contributed by atoms with E-state index in [0.717, 1.165) is 10.7 Å². The van der Waals surface area contributed by atoms with Crippen LogP contribution in [-0.4, -0.2) is 30.2 Å². The molecule has 0 spiro atoms. The van der Waals surface area contributed by atoms with Crippen LogP contribution in [0.4, 0.5) is 5.69 Å². The zero-order valence-electron chi connectivity index (χ0n) is 9.19. The lowest BCUT2D eigenvalue weighted by Gasteiger charge is -1.99. The largest absolute Gasteiger partial charge is 0.477 e. The number of aromatic carboxylic acids is 1. The van der Waals surface area contributed by atoms with Crippen molar-refractivity contribution in [2.75, 3.05) is 6.26 Å². The molecule has 0 unspecified atom stereocenters. The number of nitrogens with zero attached hydrogens (tertiary/aromatic N) is 2. The quantitative estimate of drug-likeness (QED) is 0.848. The molecule has 0 bridgehead atoms. The van der Waals surface area contributed by atoms with Crippen molar-refractivity contribution in [3.05, 3.63) is 35.0 Å². The van der Waals surface area contributed by atoms with Crippen molar-refractivity contribution < 1.29 is 18.3 Å². The third-order valence-electron chi connectivity index (χ3n) is 2.44. The van der Waals surface area contributed by atoms with Gasteiger partial charge in [-0.05, 0) is 17.3 Å². The summed E-state index contributed by atoms with van der Waals surface area (Å²) in [5.41, 5.74) is -0.719. The van der Waals surface area contributed by atoms with Crippen molar-refractivity contribution >= 4 is 27.0 Å². The van der Waals surface area contributed by atoms with Gasteiger partial charge in [-0.1, -0.05) is 6.07 Å². The van der Waals surface area contributed by atoms with Crippen molar-refractivity contribution in [1.82, 2.24) is 4.40 Å². The predicted octanol–water partition coefficient (Wildman–Crippen LogP) is 1.44. The van der Waals surface area contributed by atoms with Gasteiger partial charge in [-0.2, -0.15) is 0 Å². The third kappa shape index (κ3) is 1.66. The summed E-state index contributed by atoms with van der Waals surface area (Å²) in [6.07, 6.45) is 2.20. The van der Waals surface area contributed by atoms with Gasteiger partial charge in [0, 0.05) is 12.5 Å². The molecule has 0 aliphatic heterocycles. The molecule has 2 heterocycles. The number of sulfone groups is 1. The van der Waals surface area contributed by atoms with Crippen molar-refractivity contribution in [3.63, 3.8) is 0 Å². The summed E-state index contributed by atoms with van der Waals surface area (Å²) in [7, 11) is -3.88. The Morgan fingerprint density at radius 2 is 2.06 bits per heavy atom. The van der Waals surface area contributed by atoms with Gasteiger partial charge in [-0.3, -0.25) is 0 Å². The molecule has 2 rings (SSSR count). The smallest absolute Gasteiger partial charge is 0.354 e. The van der Waals surface area contributed by atoms with E-state index in [1.165, 1.54) is 18.3 Å². The molecule has 0 aromatic carbocycles.